The smallest absolute Gasteiger partial charge is 0.280 e. The number of hydrogen-bond donors (Lipinski definition) is 1. The van der Waals surface area contributed by atoms with Crippen molar-refractivity contribution >= 4 is 5.91 Å². The zero-order valence-corrected chi connectivity index (χ0v) is 11.9. The Kier molecular flexibility index (Phi) is 3.90. The second-order valence-corrected chi connectivity index (χ2v) is 4.64. The Bertz CT molecular complexity index is 765. The van der Waals surface area contributed by atoms with Crippen molar-refractivity contribution in [1.82, 2.24) is 30.5 Å². The lowest BCUT2D eigenvalue weighted by Crippen LogP contribution is -2.27. The monoisotopic (exact) mass is 298 g/mol. The molecule has 0 aliphatic rings. The molecule has 22 heavy (non-hydrogen) atoms. The lowest BCUT2D eigenvalue weighted by atomic mass is 10.2. The summed E-state index contributed by atoms with van der Waals surface area (Å²) in [7, 11) is 0. The third-order valence-corrected chi connectivity index (χ3v) is 2.95. The normalized spacial score (nSPS) is 10.6. The van der Waals surface area contributed by atoms with E-state index in [9.17, 15) is 4.79 Å². The maximum atomic E-state index is 11.9. The van der Waals surface area contributed by atoms with Gasteiger partial charge in [0.2, 0.25) is 0 Å². The molecule has 0 saturated carbocycles. The summed E-state index contributed by atoms with van der Waals surface area (Å²) in [6, 6.07) is 9.05. The van der Waals surface area contributed by atoms with Crippen LogP contribution in [0.25, 0.3) is 11.6 Å². The number of nitrogens with zero attached hydrogens (tertiary/aromatic N) is 5. The third kappa shape index (κ3) is 3.17. The summed E-state index contributed by atoms with van der Waals surface area (Å²) in [5.74, 6) is 0.755. The summed E-state index contributed by atoms with van der Waals surface area (Å²) in [6.45, 7) is 2.68. The fourth-order valence-corrected chi connectivity index (χ4v) is 1.88. The Morgan fingerprint density at radius 1 is 1.32 bits per heavy atom. The summed E-state index contributed by atoms with van der Waals surface area (Å²) < 4.78 is 6.63. The molecular weight excluding hydrogens is 284 g/mol. The highest BCUT2D eigenvalue weighted by Crippen LogP contribution is 2.12. The highest BCUT2D eigenvalue weighted by molar-refractivity contribution is 5.94. The molecule has 2 heterocycles. The molecule has 0 saturated heterocycles. The molecule has 1 amide bonds. The molecule has 8 nitrogen and oxygen atoms in total. The average Bonchev–Trinajstić information content (AvgIpc) is 3.17. The number of amides is 1. The van der Waals surface area contributed by atoms with Crippen LogP contribution in [0.2, 0.25) is 0 Å². The van der Waals surface area contributed by atoms with Gasteiger partial charge in [-0.15, -0.1) is 5.10 Å². The van der Waals surface area contributed by atoms with Crippen molar-refractivity contribution in [3.63, 3.8) is 0 Å². The van der Waals surface area contributed by atoms with Crippen LogP contribution in [0, 0.1) is 6.92 Å². The first-order valence-corrected chi connectivity index (χ1v) is 6.76. The van der Waals surface area contributed by atoms with E-state index in [1.165, 1.54) is 0 Å². The molecule has 0 aliphatic heterocycles. The van der Waals surface area contributed by atoms with Crippen LogP contribution in [0.5, 0.6) is 0 Å². The third-order valence-electron chi connectivity index (χ3n) is 2.95. The van der Waals surface area contributed by atoms with Gasteiger partial charge in [0.15, 0.2) is 11.5 Å². The van der Waals surface area contributed by atoms with E-state index in [0.29, 0.717) is 36.1 Å². The SMILES string of the molecule is Cc1noc(-c2cn(CCNC(=O)c3ccccc3)nn2)n1. The highest BCUT2D eigenvalue weighted by Gasteiger charge is 2.11. The standard InChI is InChI=1S/C14H14N6O2/c1-10-16-14(22-18-10)12-9-20(19-17-12)8-7-15-13(21)11-5-3-2-4-6-11/h2-6,9H,7-8H2,1H3,(H,15,21). The molecule has 0 atom stereocenters. The summed E-state index contributed by atoms with van der Waals surface area (Å²) >= 11 is 0. The Balaban J connectivity index is 1.54. The number of hydrogen-bond acceptors (Lipinski definition) is 6. The second-order valence-electron chi connectivity index (χ2n) is 4.64. The number of nitrogens with one attached hydrogen (secondary N) is 1. The van der Waals surface area contributed by atoms with Crippen molar-refractivity contribution in [3.8, 4) is 11.6 Å². The largest absolute Gasteiger partial charge is 0.350 e. The molecule has 3 rings (SSSR count). The van der Waals surface area contributed by atoms with Gasteiger partial charge in [-0.2, -0.15) is 4.98 Å². The van der Waals surface area contributed by atoms with E-state index in [4.69, 9.17) is 4.52 Å². The lowest BCUT2D eigenvalue weighted by molar-refractivity contribution is 0.0952. The molecule has 3 aromatic rings. The van der Waals surface area contributed by atoms with Crippen molar-refractivity contribution < 1.29 is 9.32 Å². The van der Waals surface area contributed by atoms with Gasteiger partial charge in [0.1, 0.15) is 0 Å². The summed E-state index contributed by atoms with van der Waals surface area (Å²) in [5.41, 5.74) is 1.14. The summed E-state index contributed by atoms with van der Waals surface area (Å²) in [5, 5.41) is 14.4. The van der Waals surface area contributed by atoms with Crippen LogP contribution >= 0.6 is 0 Å². The summed E-state index contributed by atoms with van der Waals surface area (Å²) in [6.07, 6.45) is 1.70. The van der Waals surface area contributed by atoms with Crippen LogP contribution in [-0.2, 0) is 6.54 Å². The Morgan fingerprint density at radius 2 is 2.14 bits per heavy atom. The minimum absolute atomic E-state index is 0.117. The molecule has 0 fully saturated rings. The van der Waals surface area contributed by atoms with E-state index in [1.54, 1.807) is 29.9 Å². The van der Waals surface area contributed by atoms with Crippen molar-refractivity contribution in [2.75, 3.05) is 6.54 Å². The van der Waals surface area contributed by atoms with E-state index < -0.39 is 0 Å². The van der Waals surface area contributed by atoms with Crippen LogP contribution in [0.3, 0.4) is 0 Å². The highest BCUT2D eigenvalue weighted by atomic mass is 16.5. The van der Waals surface area contributed by atoms with Crippen LogP contribution < -0.4 is 5.32 Å². The maximum absolute atomic E-state index is 11.9. The Morgan fingerprint density at radius 3 is 2.86 bits per heavy atom. The molecule has 8 heteroatoms. The van der Waals surface area contributed by atoms with Gasteiger partial charge in [-0.1, -0.05) is 28.6 Å². The molecular formula is C14H14N6O2. The first kappa shape index (κ1) is 13.9. The van der Waals surface area contributed by atoms with Crippen LogP contribution in [0.15, 0.2) is 41.1 Å². The zero-order valence-electron chi connectivity index (χ0n) is 11.9. The predicted octanol–water partition coefficient (Wildman–Crippen LogP) is 1.07. The maximum Gasteiger partial charge on any atom is 0.280 e. The fraction of sp³-hybridized carbons (Fsp3) is 0.214. The van der Waals surface area contributed by atoms with E-state index >= 15 is 0 Å². The number of benzene rings is 1. The predicted molar refractivity (Wildman–Crippen MR) is 76.8 cm³/mol. The molecule has 112 valence electrons. The van der Waals surface area contributed by atoms with E-state index in [2.05, 4.69) is 25.8 Å². The van der Waals surface area contributed by atoms with Gasteiger partial charge < -0.3 is 9.84 Å². The first-order valence-electron chi connectivity index (χ1n) is 6.76. The van der Waals surface area contributed by atoms with E-state index in [1.807, 2.05) is 18.2 Å². The van der Waals surface area contributed by atoms with Crippen molar-refractivity contribution in [2.24, 2.45) is 0 Å². The number of carbonyl (C=O) groups is 1. The zero-order chi connectivity index (χ0) is 15.4. The van der Waals surface area contributed by atoms with Gasteiger partial charge in [0.25, 0.3) is 11.8 Å². The Hall–Kier alpha value is -3.03. The van der Waals surface area contributed by atoms with E-state index in [0.717, 1.165) is 0 Å². The molecule has 2 aromatic heterocycles. The number of rotatable bonds is 5. The van der Waals surface area contributed by atoms with E-state index in [-0.39, 0.29) is 5.91 Å². The molecule has 0 spiro atoms. The summed E-state index contributed by atoms with van der Waals surface area (Å²) in [4.78, 5) is 16.0. The molecule has 0 bridgehead atoms. The van der Waals surface area contributed by atoms with Gasteiger partial charge in [-0.05, 0) is 19.1 Å². The Labute approximate surface area is 126 Å². The number of aryl methyl sites for hydroxylation is 1. The van der Waals surface area contributed by atoms with Crippen LogP contribution in [0.4, 0.5) is 0 Å². The molecule has 0 aliphatic carbocycles. The molecule has 0 unspecified atom stereocenters. The first-order chi connectivity index (χ1) is 10.7. The minimum atomic E-state index is -0.117. The van der Waals surface area contributed by atoms with Gasteiger partial charge in [-0.3, -0.25) is 4.79 Å². The van der Waals surface area contributed by atoms with Gasteiger partial charge in [0, 0.05) is 12.1 Å². The quantitative estimate of drug-likeness (QED) is 0.756. The average molecular weight is 298 g/mol. The van der Waals surface area contributed by atoms with Crippen molar-refractivity contribution in [2.45, 2.75) is 13.5 Å². The van der Waals surface area contributed by atoms with Gasteiger partial charge in [-0.25, -0.2) is 4.68 Å². The topological polar surface area (TPSA) is 98.7 Å². The van der Waals surface area contributed by atoms with Crippen molar-refractivity contribution in [1.29, 1.82) is 0 Å². The van der Waals surface area contributed by atoms with Gasteiger partial charge in [0.05, 0.1) is 12.7 Å². The minimum Gasteiger partial charge on any atom is -0.350 e. The van der Waals surface area contributed by atoms with Crippen LogP contribution in [0.1, 0.15) is 16.2 Å². The van der Waals surface area contributed by atoms with Crippen molar-refractivity contribution in [3.05, 3.63) is 47.9 Å². The molecule has 1 aromatic carbocycles. The number of aromatic nitrogens is 5. The lowest BCUT2D eigenvalue weighted by Gasteiger charge is -2.04. The number of carbonyl (C=O) groups excluding carboxylic acids is 1. The molecule has 1 N–H and O–H groups in total. The fourth-order valence-electron chi connectivity index (χ4n) is 1.88. The van der Waals surface area contributed by atoms with Gasteiger partial charge >= 0.3 is 0 Å². The van der Waals surface area contributed by atoms with Crippen LogP contribution in [-0.4, -0.2) is 37.6 Å². The second kappa shape index (κ2) is 6.17. The molecule has 0 radical (unpaired) electrons.